The van der Waals surface area contributed by atoms with Crippen molar-refractivity contribution in [2.45, 2.75) is 12.5 Å². The second kappa shape index (κ2) is 8.04. The van der Waals surface area contributed by atoms with Crippen molar-refractivity contribution in [2.24, 2.45) is 0 Å². The molecule has 0 saturated heterocycles. The molecule has 30 heavy (non-hydrogen) atoms. The Kier molecular flexibility index (Phi) is 5.13. The second-order valence-electron chi connectivity index (χ2n) is 6.75. The third kappa shape index (κ3) is 3.83. The average Bonchev–Trinajstić information content (AvgIpc) is 3.16. The van der Waals surface area contributed by atoms with E-state index in [0.29, 0.717) is 11.2 Å². The van der Waals surface area contributed by atoms with Crippen molar-refractivity contribution in [3.05, 3.63) is 94.7 Å². The molecule has 0 aliphatic rings. The van der Waals surface area contributed by atoms with Crippen LogP contribution < -0.4 is 10.9 Å². The van der Waals surface area contributed by atoms with Crippen LogP contribution in [0.15, 0.2) is 78.0 Å². The molecule has 1 atom stereocenters. The number of benzene rings is 2. The van der Waals surface area contributed by atoms with Crippen molar-refractivity contribution in [3.8, 4) is 0 Å². The van der Waals surface area contributed by atoms with Gasteiger partial charge in [0.25, 0.3) is 11.5 Å². The monoisotopic (exact) mass is 402 g/mol. The maximum Gasteiger partial charge on any atom is 0.305 e. The number of nitrogens with one attached hydrogen (secondary N) is 2. The minimum atomic E-state index is -0.914. The van der Waals surface area contributed by atoms with Crippen LogP contribution in [0.25, 0.3) is 11.0 Å². The number of aromatic amines is 1. The fourth-order valence-corrected chi connectivity index (χ4v) is 3.37. The number of hydrogen-bond donors (Lipinski definition) is 3. The lowest BCUT2D eigenvalue weighted by Crippen LogP contribution is -2.22. The second-order valence-corrected chi connectivity index (χ2v) is 6.75. The normalized spacial score (nSPS) is 11.9. The van der Waals surface area contributed by atoms with Crippen LogP contribution in [-0.2, 0) is 4.79 Å². The molecule has 2 heterocycles. The number of hydrogen-bond acceptors (Lipinski definition) is 4. The number of carboxylic acids is 1. The molecular weight excluding hydrogens is 384 g/mol. The van der Waals surface area contributed by atoms with E-state index in [9.17, 15) is 19.5 Å². The van der Waals surface area contributed by atoms with Gasteiger partial charge in [-0.15, -0.1) is 0 Å². The molecule has 0 fully saturated rings. The summed E-state index contributed by atoms with van der Waals surface area (Å²) in [7, 11) is 0. The van der Waals surface area contributed by atoms with Gasteiger partial charge in [-0.3, -0.25) is 14.4 Å². The lowest BCUT2D eigenvalue weighted by Gasteiger charge is -2.18. The molecule has 8 nitrogen and oxygen atoms in total. The van der Waals surface area contributed by atoms with E-state index in [1.807, 2.05) is 34.9 Å². The summed E-state index contributed by atoms with van der Waals surface area (Å²) in [5, 5.41) is 12.1. The van der Waals surface area contributed by atoms with Crippen LogP contribution in [0.5, 0.6) is 0 Å². The van der Waals surface area contributed by atoms with E-state index < -0.39 is 23.5 Å². The van der Waals surface area contributed by atoms with E-state index in [-0.39, 0.29) is 12.0 Å². The van der Waals surface area contributed by atoms with E-state index in [1.165, 1.54) is 12.3 Å². The number of imidazole rings is 1. The van der Waals surface area contributed by atoms with Crippen molar-refractivity contribution >= 4 is 28.6 Å². The summed E-state index contributed by atoms with van der Waals surface area (Å²) in [4.78, 5) is 42.4. The Hall–Kier alpha value is -4.20. The minimum absolute atomic E-state index is 0.00808. The molecule has 0 saturated carbocycles. The predicted octanol–water partition coefficient (Wildman–Crippen LogP) is 3.04. The van der Waals surface area contributed by atoms with Crippen molar-refractivity contribution in [1.29, 1.82) is 0 Å². The number of aromatic nitrogens is 3. The van der Waals surface area contributed by atoms with Crippen LogP contribution in [0, 0.1) is 0 Å². The van der Waals surface area contributed by atoms with Gasteiger partial charge in [0, 0.05) is 11.9 Å². The molecule has 2 aromatic heterocycles. The molecule has 1 amide bonds. The highest BCUT2D eigenvalue weighted by Gasteiger charge is 2.20. The highest BCUT2D eigenvalue weighted by atomic mass is 16.4. The summed E-state index contributed by atoms with van der Waals surface area (Å²) in [6.45, 7) is 0. The third-order valence-corrected chi connectivity index (χ3v) is 4.78. The maximum absolute atomic E-state index is 12.4. The van der Waals surface area contributed by atoms with Crippen molar-refractivity contribution in [3.63, 3.8) is 0 Å². The SMILES string of the molecule is O=C(O)CC(c1ccccc1)n1cnc2cc(NC(=O)c3ccc[nH]c3=O)ccc21. The number of anilines is 1. The fourth-order valence-electron chi connectivity index (χ4n) is 3.37. The first-order chi connectivity index (χ1) is 14.5. The summed E-state index contributed by atoms with van der Waals surface area (Å²) in [5.41, 5.74) is 2.21. The van der Waals surface area contributed by atoms with Gasteiger partial charge in [-0.1, -0.05) is 30.3 Å². The van der Waals surface area contributed by atoms with E-state index in [4.69, 9.17) is 0 Å². The molecule has 1 unspecified atom stereocenters. The summed E-state index contributed by atoms with van der Waals surface area (Å²) in [5.74, 6) is -1.44. The Labute approximate surface area is 170 Å². The molecule has 0 aliphatic carbocycles. The zero-order valence-electron chi connectivity index (χ0n) is 15.8. The van der Waals surface area contributed by atoms with Gasteiger partial charge in [0.2, 0.25) is 0 Å². The number of carbonyl (C=O) groups is 2. The summed E-state index contributed by atoms with van der Waals surface area (Å²) < 4.78 is 1.81. The standard InChI is InChI=1S/C22H18N4O4/c27-20(28)12-19(14-5-2-1-3-6-14)26-13-24-17-11-15(8-9-18(17)26)25-22(30)16-7-4-10-23-21(16)29/h1-11,13,19H,12H2,(H,23,29)(H,25,30)(H,27,28). The first-order valence-corrected chi connectivity index (χ1v) is 9.25. The molecule has 4 aromatic rings. The number of fused-ring (bicyclic) bond motifs is 1. The van der Waals surface area contributed by atoms with Gasteiger partial charge in [0.1, 0.15) is 5.56 Å². The Morgan fingerprint density at radius 1 is 1.10 bits per heavy atom. The molecule has 4 rings (SSSR count). The number of carbonyl (C=O) groups excluding carboxylic acids is 1. The third-order valence-electron chi connectivity index (χ3n) is 4.78. The first kappa shape index (κ1) is 19.1. The Bertz CT molecular complexity index is 1280. The zero-order valence-corrected chi connectivity index (χ0v) is 15.8. The molecule has 0 aliphatic heterocycles. The molecule has 150 valence electrons. The molecule has 0 bridgehead atoms. The number of carboxylic acid groups (broad SMARTS) is 1. The lowest BCUT2D eigenvalue weighted by molar-refractivity contribution is -0.137. The van der Waals surface area contributed by atoms with Crippen LogP contribution in [0.1, 0.15) is 28.4 Å². The highest BCUT2D eigenvalue weighted by Crippen LogP contribution is 2.28. The van der Waals surface area contributed by atoms with Crippen LogP contribution in [0.4, 0.5) is 5.69 Å². The average molecular weight is 402 g/mol. The van der Waals surface area contributed by atoms with E-state index in [1.54, 1.807) is 30.6 Å². The number of amides is 1. The van der Waals surface area contributed by atoms with Gasteiger partial charge < -0.3 is 20.0 Å². The largest absolute Gasteiger partial charge is 0.481 e. The maximum atomic E-state index is 12.4. The highest BCUT2D eigenvalue weighted by molar-refractivity contribution is 6.04. The van der Waals surface area contributed by atoms with Crippen LogP contribution in [0.3, 0.4) is 0 Å². The van der Waals surface area contributed by atoms with E-state index >= 15 is 0 Å². The van der Waals surface area contributed by atoms with Gasteiger partial charge in [0.05, 0.1) is 29.8 Å². The molecule has 2 aromatic carbocycles. The quantitative estimate of drug-likeness (QED) is 0.458. The van der Waals surface area contributed by atoms with Crippen molar-refractivity contribution in [2.75, 3.05) is 5.32 Å². The minimum Gasteiger partial charge on any atom is -0.481 e. The molecule has 0 spiro atoms. The Balaban J connectivity index is 1.66. The Morgan fingerprint density at radius 3 is 2.63 bits per heavy atom. The first-order valence-electron chi connectivity index (χ1n) is 9.25. The summed E-state index contributed by atoms with van der Waals surface area (Å²) in [6.07, 6.45) is 2.96. The van der Waals surface area contributed by atoms with Crippen LogP contribution in [0.2, 0.25) is 0 Å². The summed E-state index contributed by atoms with van der Waals surface area (Å²) >= 11 is 0. The van der Waals surface area contributed by atoms with Crippen molar-refractivity contribution in [1.82, 2.24) is 14.5 Å². The fraction of sp³-hybridized carbons (Fsp3) is 0.0909. The van der Waals surface area contributed by atoms with Gasteiger partial charge in [-0.05, 0) is 35.9 Å². The van der Waals surface area contributed by atoms with Gasteiger partial charge in [0.15, 0.2) is 0 Å². The number of nitrogens with zero attached hydrogens (tertiary/aromatic N) is 2. The van der Waals surface area contributed by atoms with E-state index in [2.05, 4.69) is 15.3 Å². The topological polar surface area (TPSA) is 117 Å². The number of H-pyrrole nitrogens is 1. The van der Waals surface area contributed by atoms with Crippen molar-refractivity contribution < 1.29 is 14.7 Å². The van der Waals surface area contributed by atoms with Gasteiger partial charge in [-0.2, -0.15) is 0 Å². The molecular formula is C22H18N4O4. The molecule has 0 radical (unpaired) electrons. The predicted molar refractivity (Wildman–Crippen MR) is 112 cm³/mol. The molecule has 3 N–H and O–H groups in total. The van der Waals surface area contributed by atoms with Gasteiger partial charge in [-0.25, -0.2) is 4.98 Å². The van der Waals surface area contributed by atoms with Crippen LogP contribution in [-0.4, -0.2) is 31.5 Å². The number of pyridine rings is 1. The molecule has 8 heteroatoms. The zero-order chi connectivity index (χ0) is 21.1. The lowest BCUT2D eigenvalue weighted by atomic mass is 10.0. The number of rotatable bonds is 6. The Morgan fingerprint density at radius 2 is 1.90 bits per heavy atom. The smallest absolute Gasteiger partial charge is 0.305 e. The summed E-state index contributed by atoms with van der Waals surface area (Å²) in [6, 6.07) is 17.1. The number of aliphatic carboxylic acids is 1. The van der Waals surface area contributed by atoms with E-state index in [0.717, 1.165) is 11.1 Å². The van der Waals surface area contributed by atoms with Crippen LogP contribution >= 0.6 is 0 Å². The van der Waals surface area contributed by atoms with Gasteiger partial charge >= 0.3 is 5.97 Å².